The molecule has 0 atom stereocenters. The van der Waals surface area contributed by atoms with Crippen LogP contribution in [0.2, 0.25) is 5.02 Å². The normalized spacial score (nSPS) is 15.5. The number of nitrogens with zero attached hydrogens (tertiary/aromatic N) is 2. The number of carbonyl (C=O) groups excluding carboxylic acids is 3. The van der Waals surface area contributed by atoms with Gasteiger partial charge >= 0.3 is 5.97 Å². The smallest absolute Gasteiger partial charge is 0.325 e. The number of rotatable bonds is 4. The van der Waals surface area contributed by atoms with Crippen molar-refractivity contribution < 1.29 is 19.1 Å². The van der Waals surface area contributed by atoms with Gasteiger partial charge in [0.1, 0.15) is 6.54 Å². The van der Waals surface area contributed by atoms with E-state index in [2.05, 4.69) is 0 Å². The Balaban J connectivity index is 1.73. The fourth-order valence-corrected chi connectivity index (χ4v) is 4.19. The predicted octanol–water partition coefficient (Wildman–Crippen LogP) is 4.71. The zero-order chi connectivity index (χ0) is 20.5. The molecule has 0 radical (unpaired) electrons. The van der Waals surface area contributed by atoms with Crippen LogP contribution in [0.4, 0.5) is 10.5 Å². The van der Waals surface area contributed by atoms with E-state index in [1.165, 1.54) is 7.11 Å². The summed E-state index contributed by atoms with van der Waals surface area (Å²) >= 11 is 6.86. The molecule has 1 aromatic heterocycles. The molecule has 1 aliphatic rings. The van der Waals surface area contributed by atoms with Gasteiger partial charge in [0.25, 0.3) is 11.1 Å². The number of aromatic nitrogens is 1. The molecule has 0 saturated carbocycles. The van der Waals surface area contributed by atoms with E-state index in [1.807, 2.05) is 24.3 Å². The molecule has 0 N–H and O–H groups in total. The molecule has 0 unspecified atom stereocenters. The molecule has 3 aromatic rings. The predicted molar refractivity (Wildman–Crippen MR) is 114 cm³/mol. The fourth-order valence-electron chi connectivity index (χ4n) is 3.17. The van der Waals surface area contributed by atoms with Crippen molar-refractivity contribution in [2.45, 2.75) is 6.54 Å². The fraction of sp³-hybridized carbons (Fsp3) is 0.0952. The number of hydrogen-bond acceptors (Lipinski definition) is 5. The zero-order valence-corrected chi connectivity index (χ0v) is 16.9. The Bertz CT molecular complexity index is 1180. The molecule has 8 heteroatoms. The van der Waals surface area contributed by atoms with E-state index in [0.29, 0.717) is 15.6 Å². The number of amides is 2. The SMILES string of the molecule is COC(=O)Cn1cc(/C=C2\SC(=O)N(c3cccc(Cl)c3)C2=O)c2ccccc21. The molecule has 1 saturated heterocycles. The lowest BCUT2D eigenvalue weighted by Crippen LogP contribution is -2.27. The number of benzene rings is 2. The highest BCUT2D eigenvalue weighted by Crippen LogP contribution is 2.37. The maximum atomic E-state index is 12.9. The van der Waals surface area contributed by atoms with Crippen LogP contribution in [0.25, 0.3) is 17.0 Å². The zero-order valence-electron chi connectivity index (χ0n) is 15.3. The van der Waals surface area contributed by atoms with E-state index < -0.39 is 5.91 Å². The van der Waals surface area contributed by atoms with Crippen LogP contribution in [0.15, 0.2) is 59.6 Å². The second-order valence-corrected chi connectivity index (χ2v) is 7.73. The second-order valence-electron chi connectivity index (χ2n) is 6.30. The van der Waals surface area contributed by atoms with Gasteiger partial charge in [0.15, 0.2) is 0 Å². The highest BCUT2D eigenvalue weighted by Gasteiger charge is 2.36. The van der Waals surface area contributed by atoms with Gasteiger partial charge < -0.3 is 9.30 Å². The topological polar surface area (TPSA) is 68.6 Å². The number of carbonyl (C=O) groups is 3. The molecule has 6 nitrogen and oxygen atoms in total. The minimum Gasteiger partial charge on any atom is -0.468 e. The number of thioether (sulfide) groups is 1. The van der Waals surface area contributed by atoms with Crippen LogP contribution in [0, 0.1) is 0 Å². The molecule has 29 heavy (non-hydrogen) atoms. The lowest BCUT2D eigenvalue weighted by molar-refractivity contribution is -0.141. The van der Waals surface area contributed by atoms with Gasteiger partial charge in [-0.3, -0.25) is 14.4 Å². The van der Waals surface area contributed by atoms with Crippen molar-refractivity contribution in [3.63, 3.8) is 0 Å². The van der Waals surface area contributed by atoms with Gasteiger partial charge in [0.2, 0.25) is 0 Å². The molecule has 0 spiro atoms. The van der Waals surface area contributed by atoms with E-state index in [0.717, 1.165) is 33.1 Å². The van der Waals surface area contributed by atoms with Gasteiger partial charge in [-0.25, -0.2) is 4.90 Å². The Kier molecular flexibility index (Phi) is 5.17. The molecule has 1 aliphatic heterocycles. The van der Waals surface area contributed by atoms with Gasteiger partial charge in [0, 0.05) is 27.7 Å². The van der Waals surface area contributed by atoms with Crippen LogP contribution < -0.4 is 4.90 Å². The Labute approximate surface area is 175 Å². The second kappa shape index (κ2) is 7.77. The summed E-state index contributed by atoms with van der Waals surface area (Å²) in [4.78, 5) is 38.5. The Hall–Kier alpha value is -3.03. The lowest BCUT2D eigenvalue weighted by Gasteiger charge is -2.12. The minimum absolute atomic E-state index is 0.0504. The molecule has 4 rings (SSSR count). The maximum absolute atomic E-state index is 12.9. The van der Waals surface area contributed by atoms with Crippen molar-refractivity contribution in [3.8, 4) is 0 Å². The monoisotopic (exact) mass is 426 g/mol. The molecular weight excluding hydrogens is 412 g/mol. The van der Waals surface area contributed by atoms with Crippen LogP contribution >= 0.6 is 23.4 Å². The summed E-state index contributed by atoms with van der Waals surface area (Å²) in [6.07, 6.45) is 3.44. The van der Waals surface area contributed by atoms with Gasteiger partial charge in [0.05, 0.1) is 17.7 Å². The van der Waals surface area contributed by atoms with Crippen LogP contribution in [0.5, 0.6) is 0 Å². The van der Waals surface area contributed by atoms with E-state index >= 15 is 0 Å². The highest BCUT2D eigenvalue weighted by atomic mass is 35.5. The molecule has 0 aliphatic carbocycles. The van der Waals surface area contributed by atoms with Gasteiger partial charge in [-0.2, -0.15) is 0 Å². The van der Waals surface area contributed by atoms with Crippen molar-refractivity contribution in [2.24, 2.45) is 0 Å². The number of hydrogen-bond donors (Lipinski definition) is 0. The number of fused-ring (bicyclic) bond motifs is 1. The number of anilines is 1. The molecule has 146 valence electrons. The van der Waals surface area contributed by atoms with Gasteiger partial charge in [-0.05, 0) is 42.1 Å². The summed E-state index contributed by atoms with van der Waals surface area (Å²) in [6, 6.07) is 14.1. The Morgan fingerprint density at radius 2 is 1.97 bits per heavy atom. The largest absolute Gasteiger partial charge is 0.468 e. The molecule has 2 heterocycles. The number of ether oxygens (including phenoxy) is 1. The molecule has 1 fully saturated rings. The average Bonchev–Trinajstić information content (AvgIpc) is 3.19. The third kappa shape index (κ3) is 3.66. The standard InChI is InChI=1S/C21H15ClN2O4S/c1-28-19(25)12-23-11-13(16-7-2-3-8-17(16)23)9-18-20(26)24(21(27)29-18)15-6-4-5-14(22)10-15/h2-11H,12H2,1H3/b18-9-. The van der Waals surface area contributed by atoms with Gasteiger partial charge in [-0.1, -0.05) is 35.9 Å². The highest BCUT2D eigenvalue weighted by molar-refractivity contribution is 8.19. The van der Waals surface area contributed by atoms with Crippen LogP contribution in [-0.4, -0.2) is 28.8 Å². The maximum Gasteiger partial charge on any atom is 0.325 e. The number of halogens is 1. The van der Waals surface area contributed by atoms with E-state index in [-0.39, 0.29) is 17.8 Å². The molecule has 2 amide bonds. The molecular formula is C21H15ClN2O4S. The number of para-hydroxylation sites is 1. The van der Waals surface area contributed by atoms with Gasteiger partial charge in [-0.15, -0.1) is 0 Å². The Morgan fingerprint density at radius 3 is 2.72 bits per heavy atom. The van der Waals surface area contributed by atoms with E-state index in [4.69, 9.17) is 16.3 Å². The van der Waals surface area contributed by atoms with Crippen LogP contribution in [-0.2, 0) is 20.9 Å². The van der Waals surface area contributed by atoms with Crippen LogP contribution in [0.1, 0.15) is 5.56 Å². The van der Waals surface area contributed by atoms with Crippen molar-refractivity contribution in [1.82, 2.24) is 4.57 Å². The number of esters is 1. The van der Waals surface area contributed by atoms with Crippen molar-refractivity contribution in [3.05, 3.63) is 70.2 Å². The first-order valence-corrected chi connectivity index (χ1v) is 9.85. The molecule has 2 aromatic carbocycles. The molecule has 0 bridgehead atoms. The summed E-state index contributed by atoms with van der Waals surface area (Å²) in [5.74, 6) is -0.786. The number of methoxy groups -OCH3 is 1. The quantitative estimate of drug-likeness (QED) is 0.446. The lowest BCUT2D eigenvalue weighted by atomic mass is 10.1. The Morgan fingerprint density at radius 1 is 1.17 bits per heavy atom. The third-order valence-electron chi connectivity index (χ3n) is 4.49. The summed E-state index contributed by atoms with van der Waals surface area (Å²) < 4.78 is 6.51. The summed E-state index contributed by atoms with van der Waals surface area (Å²) in [7, 11) is 1.33. The van der Waals surface area contributed by atoms with Crippen LogP contribution in [0.3, 0.4) is 0 Å². The van der Waals surface area contributed by atoms with E-state index in [1.54, 1.807) is 41.1 Å². The number of imide groups is 1. The average molecular weight is 427 g/mol. The van der Waals surface area contributed by atoms with Crippen molar-refractivity contribution in [2.75, 3.05) is 12.0 Å². The first kappa shape index (κ1) is 19.3. The summed E-state index contributed by atoms with van der Waals surface area (Å²) in [6.45, 7) is 0.0504. The summed E-state index contributed by atoms with van der Waals surface area (Å²) in [5, 5.41) is 0.921. The van der Waals surface area contributed by atoms with Crippen molar-refractivity contribution in [1.29, 1.82) is 0 Å². The first-order chi connectivity index (χ1) is 14.0. The first-order valence-electron chi connectivity index (χ1n) is 8.66. The van der Waals surface area contributed by atoms with Crippen molar-refractivity contribution >= 4 is 63.1 Å². The third-order valence-corrected chi connectivity index (χ3v) is 5.60. The summed E-state index contributed by atoms with van der Waals surface area (Å²) in [5.41, 5.74) is 2.00. The minimum atomic E-state index is -0.410. The van der Waals surface area contributed by atoms with E-state index in [9.17, 15) is 14.4 Å².